The lowest BCUT2D eigenvalue weighted by atomic mass is 10.1. The zero-order chi connectivity index (χ0) is 18.2. The van der Waals surface area contributed by atoms with Gasteiger partial charge in [0.15, 0.2) is 6.10 Å². The first-order chi connectivity index (χ1) is 11.9. The molecule has 0 aliphatic heterocycles. The van der Waals surface area contributed by atoms with Crippen molar-refractivity contribution in [3.05, 3.63) is 71.3 Å². The van der Waals surface area contributed by atoms with E-state index in [1.807, 2.05) is 0 Å². The van der Waals surface area contributed by atoms with E-state index in [-0.39, 0.29) is 18.1 Å². The van der Waals surface area contributed by atoms with Crippen LogP contribution >= 0.6 is 0 Å². The molecule has 1 N–H and O–H groups in total. The van der Waals surface area contributed by atoms with Gasteiger partial charge in [0.1, 0.15) is 11.6 Å². The lowest BCUT2D eigenvalue weighted by Gasteiger charge is -2.13. The maximum Gasteiger partial charge on any atom is 0.311 e. The van der Waals surface area contributed by atoms with E-state index in [1.54, 1.807) is 12.1 Å². The molecule has 0 spiro atoms. The number of rotatable bonds is 7. The minimum absolute atomic E-state index is 0.0342. The molecule has 2 rings (SSSR count). The maximum atomic E-state index is 12.8. The molecule has 0 saturated heterocycles. The summed E-state index contributed by atoms with van der Waals surface area (Å²) in [5, 5.41) is 2.66. The number of halogens is 2. The minimum atomic E-state index is -0.929. The van der Waals surface area contributed by atoms with Crippen molar-refractivity contribution in [2.45, 2.75) is 25.9 Å². The predicted molar refractivity (Wildman–Crippen MR) is 88.8 cm³/mol. The molecular weight excluding hydrogens is 328 g/mol. The third-order valence-corrected chi connectivity index (χ3v) is 3.57. The number of hydrogen-bond acceptors (Lipinski definition) is 3. The van der Waals surface area contributed by atoms with Gasteiger partial charge in [0, 0.05) is 6.54 Å². The third-order valence-electron chi connectivity index (χ3n) is 3.57. The molecule has 6 heteroatoms. The van der Waals surface area contributed by atoms with Gasteiger partial charge < -0.3 is 10.1 Å². The molecule has 2 aromatic carbocycles. The molecule has 0 heterocycles. The van der Waals surface area contributed by atoms with Gasteiger partial charge in [-0.25, -0.2) is 8.78 Å². The Labute approximate surface area is 144 Å². The SMILES string of the molecule is C[C@@H](OC(=O)Cc1ccc(F)cc1)C(=O)NCCc1ccc(F)cc1. The fourth-order valence-electron chi connectivity index (χ4n) is 2.19. The summed E-state index contributed by atoms with van der Waals surface area (Å²) in [7, 11) is 0. The first kappa shape index (κ1) is 18.6. The summed E-state index contributed by atoms with van der Waals surface area (Å²) in [5.41, 5.74) is 1.50. The number of ether oxygens (including phenoxy) is 1. The van der Waals surface area contributed by atoms with E-state index in [0.29, 0.717) is 18.5 Å². The number of carbonyl (C=O) groups is 2. The second-order valence-electron chi connectivity index (χ2n) is 5.60. The van der Waals surface area contributed by atoms with Crippen molar-refractivity contribution >= 4 is 11.9 Å². The molecule has 0 radical (unpaired) electrons. The monoisotopic (exact) mass is 347 g/mol. The van der Waals surface area contributed by atoms with Crippen molar-refractivity contribution in [2.75, 3.05) is 6.54 Å². The average Bonchev–Trinajstić information content (AvgIpc) is 2.58. The standard InChI is InChI=1S/C19H19F2NO3/c1-13(25-18(23)12-15-4-8-17(21)9-5-15)19(24)22-11-10-14-2-6-16(20)7-3-14/h2-9,13H,10-12H2,1H3,(H,22,24)/t13-/m1/s1. The molecule has 1 atom stereocenters. The van der Waals surface area contributed by atoms with Gasteiger partial charge in [0.2, 0.25) is 0 Å². The quantitative estimate of drug-likeness (QED) is 0.784. The van der Waals surface area contributed by atoms with Crippen LogP contribution < -0.4 is 5.32 Å². The van der Waals surface area contributed by atoms with Crippen molar-refractivity contribution in [1.82, 2.24) is 5.32 Å². The van der Waals surface area contributed by atoms with Crippen molar-refractivity contribution in [3.63, 3.8) is 0 Å². The summed E-state index contributed by atoms with van der Waals surface area (Å²) in [4.78, 5) is 23.7. The summed E-state index contributed by atoms with van der Waals surface area (Å²) < 4.78 is 30.7. The maximum absolute atomic E-state index is 12.8. The lowest BCUT2D eigenvalue weighted by molar-refractivity contribution is -0.154. The van der Waals surface area contributed by atoms with Gasteiger partial charge in [-0.05, 0) is 48.7 Å². The third kappa shape index (κ3) is 6.33. The molecule has 4 nitrogen and oxygen atoms in total. The molecule has 0 fully saturated rings. The lowest BCUT2D eigenvalue weighted by Crippen LogP contribution is -2.37. The molecule has 0 aliphatic rings. The van der Waals surface area contributed by atoms with Gasteiger partial charge in [-0.2, -0.15) is 0 Å². The van der Waals surface area contributed by atoms with Crippen molar-refractivity contribution in [1.29, 1.82) is 0 Å². The van der Waals surface area contributed by atoms with E-state index < -0.39 is 18.0 Å². The number of hydrogen-bond donors (Lipinski definition) is 1. The van der Waals surface area contributed by atoms with Crippen LogP contribution in [0.2, 0.25) is 0 Å². The Balaban J connectivity index is 1.72. The van der Waals surface area contributed by atoms with Crippen LogP contribution in [0, 0.1) is 11.6 Å². The molecule has 0 bridgehead atoms. The highest BCUT2D eigenvalue weighted by Crippen LogP contribution is 2.06. The van der Waals surface area contributed by atoms with E-state index in [4.69, 9.17) is 4.74 Å². The zero-order valence-electron chi connectivity index (χ0n) is 13.8. The van der Waals surface area contributed by atoms with Crippen molar-refractivity contribution in [2.24, 2.45) is 0 Å². The Morgan fingerprint density at radius 1 is 0.960 bits per heavy atom. The Morgan fingerprint density at radius 3 is 2.04 bits per heavy atom. The molecule has 0 unspecified atom stereocenters. The first-order valence-corrected chi connectivity index (χ1v) is 7.90. The van der Waals surface area contributed by atoms with Crippen LogP contribution in [-0.2, 0) is 27.2 Å². The normalized spacial score (nSPS) is 11.6. The van der Waals surface area contributed by atoms with E-state index in [2.05, 4.69) is 5.32 Å². The Bertz CT molecular complexity index is 714. The molecule has 25 heavy (non-hydrogen) atoms. The second-order valence-corrected chi connectivity index (χ2v) is 5.60. The number of esters is 1. The molecule has 2 aromatic rings. The molecule has 0 aliphatic carbocycles. The van der Waals surface area contributed by atoms with Crippen molar-refractivity contribution in [3.8, 4) is 0 Å². The van der Waals surface area contributed by atoms with Crippen LogP contribution in [0.15, 0.2) is 48.5 Å². The smallest absolute Gasteiger partial charge is 0.311 e. The number of nitrogens with one attached hydrogen (secondary N) is 1. The topological polar surface area (TPSA) is 55.4 Å². The van der Waals surface area contributed by atoms with Gasteiger partial charge >= 0.3 is 5.97 Å². The van der Waals surface area contributed by atoms with Crippen LogP contribution in [0.1, 0.15) is 18.1 Å². The highest BCUT2D eigenvalue weighted by molar-refractivity contribution is 5.83. The Hall–Kier alpha value is -2.76. The minimum Gasteiger partial charge on any atom is -0.452 e. The summed E-state index contributed by atoms with van der Waals surface area (Å²) in [6.45, 7) is 1.83. The van der Waals surface area contributed by atoms with Crippen LogP contribution in [0.25, 0.3) is 0 Å². The zero-order valence-corrected chi connectivity index (χ0v) is 13.8. The first-order valence-electron chi connectivity index (χ1n) is 7.90. The van der Waals surface area contributed by atoms with E-state index in [9.17, 15) is 18.4 Å². The Morgan fingerprint density at radius 2 is 1.48 bits per heavy atom. The number of benzene rings is 2. The molecular formula is C19H19F2NO3. The van der Waals surface area contributed by atoms with Gasteiger partial charge in [0.05, 0.1) is 6.42 Å². The summed E-state index contributed by atoms with van der Waals surface area (Å²) in [5.74, 6) is -1.66. The average molecular weight is 347 g/mol. The Kier molecular flexibility index (Phi) is 6.62. The highest BCUT2D eigenvalue weighted by atomic mass is 19.1. The summed E-state index contributed by atoms with van der Waals surface area (Å²) in [6, 6.07) is 11.5. The molecule has 1 amide bonds. The van der Waals surface area contributed by atoms with Gasteiger partial charge in [0.25, 0.3) is 5.91 Å². The number of amides is 1. The van der Waals surface area contributed by atoms with E-state index in [0.717, 1.165) is 5.56 Å². The van der Waals surface area contributed by atoms with Gasteiger partial charge in [-0.15, -0.1) is 0 Å². The highest BCUT2D eigenvalue weighted by Gasteiger charge is 2.17. The van der Waals surface area contributed by atoms with E-state index in [1.165, 1.54) is 43.3 Å². The van der Waals surface area contributed by atoms with Gasteiger partial charge in [-0.1, -0.05) is 24.3 Å². The fourth-order valence-corrected chi connectivity index (χ4v) is 2.19. The van der Waals surface area contributed by atoms with Crippen LogP contribution in [-0.4, -0.2) is 24.5 Å². The van der Waals surface area contributed by atoms with Crippen LogP contribution in [0.5, 0.6) is 0 Å². The molecule has 0 saturated carbocycles. The molecule has 132 valence electrons. The van der Waals surface area contributed by atoms with E-state index >= 15 is 0 Å². The van der Waals surface area contributed by atoms with Crippen molar-refractivity contribution < 1.29 is 23.1 Å². The van der Waals surface area contributed by atoms with Crippen LogP contribution in [0.4, 0.5) is 8.78 Å². The fraction of sp³-hybridized carbons (Fsp3) is 0.263. The van der Waals surface area contributed by atoms with Crippen LogP contribution in [0.3, 0.4) is 0 Å². The summed E-state index contributed by atoms with van der Waals surface area (Å²) >= 11 is 0. The second kappa shape index (κ2) is 8.92. The summed E-state index contributed by atoms with van der Waals surface area (Å²) in [6.07, 6.45) is -0.420. The molecule has 0 aromatic heterocycles. The number of carbonyl (C=O) groups excluding carboxylic acids is 2. The van der Waals surface area contributed by atoms with Gasteiger partial charge in [-0.3, -0.25) is 9.59 Å². The predicted octanol–water partition coefficient (Wildman–Crippen LogP) is 2.80. The largest absolute Gasteiger partial charge is 0.452 e.